The third-order valence-electron chi connectivity index (χ3n) is 5.05. The van der Waals surface area contributed by atoms with Gasteiger partial charge in [-0.3, -0.25) is 4.98 Å². The quantitative estimate of drug-likeness (QED) is 0.144. The number of pyridine rings is 1. The first kappa shape index (κ1) is 33.9. The zero-order valence-corrected chi connectivity index (χ0v) is 24.5. The van der Waals surface area contributed by atoms with E-state index in [1.807, 2.05) is 42.6 Å². The first-order valence-electron chi connectivity index (χ1n) is 12.0. The van der Waals surface area contributed by atoms with Gasteiger partial charge in [0.05, 0.1) is 17.1 Å². The average Bonchev–Trinajstić information content (AvgIpc) is 3.67. The van der Waals surface area contributed by atoms with Gasteiger partial charge in [-0.25, -0.2) is 10.2 Å². The predicted molar refractivity (Wildman–Crippen MR) is 151 cm³/mol. The molecule has 11 heteroatoms. The number of carbonyl (C=O) groups is 1. The molecule has 5 N–H and O–H groups in total. The zero-order valence-electron chi connectivity index (χ0n) is 21.3. The number of hydrazone groups is 1. The Bertz CT molecular complexity index is 883. The summed E-state index contributed by atoms with van der Waals surface area (Å²) in [6, 6.07) is 8.75. The number of amidine groups is 1. The minimum Gasteiger partial charge on any atom is -0.741 e. The summed E-state index contributed by atoms with van der Waals surface area (Å²) in [6.45, 7) is 3.60. The number of amides is 2. The maximum absolute atomic E-state index is 10.3. The molecule has 2 aliphatic rings. The van der Waals surface area contributed by atoms with Crippen LogP contribution in [0.5, 0.6) is 0 Å². The number of primary amides is 1. The maximum Gasteiger partial charge on any atom is 3.00 e. The molecule has 2 heterocycles. The van der Waals surface area contributed by atoms with E-state index < -0.39 is 6.03 Å². The fraction of sp³-hybridized carbons (Fsp3) is 0.480. The number of nitrogens with zero attached hydrogens (tertiary/aromatic N) is 4. The molecule has 193 valence electrons. The summed E-state index contributed by atoms with van der Waals surface area (Å²) in [5.41, 5.74) is 14.4. The van der Waals surface area contributed by atoms with E-state index in [0.717, 1.165) is 16.3 Å². The van der Waals surface area contributed by atoms with E-state index in [9.17, 15) is 4.79 Å². The minimum atomic E-state index is -0.647. The zero-order chi connectivity index (χ0) is 25.7. The third-order valence-corrected chi connectivity index (χ3v) is 6.11. The minimum absolute atomic E-state index is 0. The summed E-state index contributed by atoms with van der Waals surface area (Å²) >= 11 is 6.11. The van der Waals surface area contributed by atoms with Gasteiger partial charge in [0.15, 0.2) is 0 Å². The summed E-state index contributed by atoms with van der Waals surface area (Å²) in [5, 5.41) is 13.1. The second-order valence-corrected chi connectivity index (χ2v) is 9.39. The Labute approximate surface area is 239 Å². The molecule has 0 atom stereocenters. The number of urea groups is 1. The van der Waals surface area contributed by atoms with Gasteiger partial charge >= 0.3 is 27.7 Å². The number of hydrogen-bond donors (Lipinski definition) is 3. The summed E-state index contributed by atoms with van der Waals surface area (Å²) in [7, 11) is 0. The molecule has 2 fully saturated rings. The second-order valence-electron chi connectivity index (χ2n) is 8.02. The van der Waals surface area contributed by atoms with Crippen molar-refractivity contribution in [2.75, 3.05) is 0 Å². The van der Waals surface area contributed by atoms with Crippen LogP contribution in [0.2, 0.25) is 0 Å². The molecule has 0 unspecified atom stereocenters. The molecule has 0 aliphatic heterocycles. The Hall–Kier alpha value is -2.14. The molecule has 4 rings (SSSR count). The van der Waals surface area contributed by atoms with E-state index in [2.05, 4.69) is 38.3 Å². The van der Waals surface area contributed by atoms with Crippen LogP contribution in [0.1, 0.15) is 88.6 Å². The van der Waals surface area contributed by atoms with Crippen molar-refractivity contribution < 1.29 is 26.5 Å². The van der Waals surface area contributed by atoms with Gasteiger partial charge in [0.25, 0.3) is 0 Å². The number of aromatic nitrogens is 1. The van der Waals surface area contributed by atoms with Crippen molar-refractivity contribution in [1.82, 2.24) is 10.4 Å². The Morgan fingerprint density at radius 3 is 1.83 bits per heavy atom. The third kappa shape index (κ3) is 18.2. The van der Waals surface area contributed by atoms with Crippen molar-refractivity contribution in [3.05, 3.63) is 52.5 Å². The van der Waals surface area contributed by atoms with Crippen molar-refractivity contribution in [2.45, 2.75) is 78.1 Å². The molecule has 2 amide bonds. The number of hydrogen-bond acceptors (Lipinski definition) is 7. The van der Waals surface area contributed by atoms with Crippen molar-refractivity contribution in [3.63, 3.8) is 0 Å². The predicted octanol–water partition coefficient (Wildman–Crippen LogP) is 5.71. The van der Waals surface area contributed by atoms with Gasteiger partial charge in [-0.1, -0.05) is 76.3 Å². The molecular weight excluding hydrogens is 526 g/mol. The smallest absolute Gasteiger partial charge is 0.741 e. The van der Waals surface area contributed by atoms with Crippen molar-refractivity contribution >= 4 is 46.6 Å². The van der Waals surface area contributed by atoms with Crippen LogP contribution in [0.15, 0.2) is 57.2 Å². The van der Waals surface area contributed by atoms with Crippen LogP contribution >= 0.6 is 11.3 Å². The summed E-state index contributed by atoms with van der Waals surface area (Å²) < 4.78 is 0. The Morgan fingerprint density at radius 2 is 1.44 bits per heavy atom. The van der Waals surface area contributed by atoms with Crippen LogP contribution in [0, 0.1) is 0 Å². The molecule has 0 aromatic carbocycles. The van der Waals surface area contributed by atoms with Crippen LogP contribution in [-0.2, 0) is 34.3 Å². The van der Waals surface area contributed by atoms with E-state index in [1.165, 1.54) is 64.2 Å². The number of nitrogens with two attached hydrogens (primary N) is 2. The standard InChI is InChI=1S/C8H10N4S.C7H9N3OS.2C5H10.Ti/c1-6(11-12-8(9)13)7-4-2-3-5-10-7;1-5(9-10-7(8)11)6-3-2-4-12-6;2*1-2-4-5-3-1;/h2-5H,1H3,(H3,9,12,13);2-4H,1H3,(H3,8,10,11);2*1-5H2;/q;;;;+3/p-1/b11-6+;9-5+;;;. The van der Waals surface area contributed by atoms with Gasteiger partial charge < -0.3 is 24.1 Å². The summed E-state index contributed by atoms with van der Waals surface area (Å²) in [5.74, 6) is 0. The first-order chi connectivity index (χ1) is 16.9. The second kappa shape index (κ2) is 22.1. The van der Waals surface area contributed by atoms with Crippen LogP contribution in [-0.4, -0.2) is 27.6 Å². The van der Waals surface area contributed by atoms with E-state index >= 15 is 0 Å². The Balaban J connectivity index is 0.000000486. The number of rotatable bonds is 4. The molecular formula is C25H38N7OS2Ti+2. The molecule has 0 saturated heterocycles. The fourth-order valence-electron chi connectivity index (χ4n) is 3.20. The van der Waals surface area contributed by atoms with E-state index in [0.29, 0.717) is 5.71 Å². The maximum atomic E-state index is 10.3. The van der Waals surface area contributed by atoms with Gasteiger partial charge in [0.1, 0.15) is 0 Å². The van der Waals surface area contributed by atoms with Gasteiger partial charge in [-0.05, 0) is 42.6 Å². The van der Waals surface area contributed by atoms with Gasteiger partial charge in [0.2, 0.25) is 0 Å². The number of thiophene rings is 1. The van der Waals surface area contributed by atoms with Crippen LogP contribution in [0.4, 0.5) is 4.79 Å². The van der Waals surface area contributed by atoms with Gasteiger partial charge in [-0.2, -0.15) is 15.3 Å². The molecule has 36 heavy (non-hydrogen) atoms. The molecule has 1 radical (unpaired) electrons. The van der Waals surface area contributed by atoms with Crippen LogP contribution in [0.25, 0.3) is 0 Å². The monoisotopic (exact) mass is 564 g/mol. The number of carbonyl (C=O) groups excluding carboxylic acids is 1. The molecule has 0 bridgehead atoms. The molecule has 2 aromatic heterocycles. The van der Waals surface area contributed by atoms with Gasteiger partial charge in [-0.15, -0.1) is 11.3 Å². The van der Waals surface area contributed by atoms with Crippen LogP contribution in [0.3, 0.4) is 0 Å². The molecule has 0 spiro atoms. The first-order valence-corrected chi connectivity index (χ1v) is 13.3. The topological polar surface area (TPSA) is 131 Å². The summed E-state index contributed by atoms with van der Waals surface area (Å²) in [4.78, 5) is 15.4. The number of nitrogens with one attached hydrogen (secondary N) is 1. The average molecular weight is 565 g/mol. The van der Waals surface area contributed by atoms with Crippen molar-refractivity contribution in [1.29, 1.82) is 0 Å². The molecule has 2 saturated carbocycles. The van der Waals surface area contributed by atoms with E-state index in [4.69, 9.17) is 11.5 Å². The Kier molecular flexibility index (Phi) is 20.8. The van der Waals surface area contributed by atoms with Crippen molar-refractivity contribution in [2.24, 2.45) is 26.8 Å². The summed E-state index contributed by atoms with van der Waals surface area (Å²) in [6.07, 6.45) is 16.7. The largest absolute Gasteiger partial charge is 3.00 e. The SMILES string of the molecule is C/C(=N\N=C(\N)[S-])c1ccccn1.C/C(=N\NC(N)=O)c1cccs1.C1CCCC1.C1CCCC1.[Ti+3]. The van der Waals surface area contributed by atoms with Crippen molar-refractivity contribution in [3.8, 4) is 0 Å². The fourth-order valence-corrected chi connectivity index (χ4v) is 3.92. The van der Waals surface area contributed by atoms with Crippen LogP contribution < -0.4 is 16.9 Å². The molecule has 2 aliphatic carbocycles. The van der Waals surface area contributed by atoms with Gasteiger partial charge in [0, 0.05) is 11.1 Å². The molecule has 8 nitrogen and oxygen atoms in total. The Morgan fingerprint density at radius 1 is 0.889 bits per heavy atom. The molecule has 2 aromatic rings. The normalized spacial score (nSPS) is 15.1. The van der Waals surface area contributed by atoms with E-state index in [-0.39, 0.29) is 26.9 Å². The van der Waals surface area contributed by atoms with E-state index in [1.54, 1.807) is 24.5 Å².